The quantitative estimate of drug-likeness (QED) is 0.909. The zero-order valence-electron chi connectivity index (χ0n) is 8.89. The highest BCUT2D eigenvalue weighted by atomic mass is 35.5. The summed E-state index contributed by atoms with van der Waals surface area (Å²) in [7, 11) is 0. The molecule has 2 aromatic rings. The van der Waals surface area contributed by atoms with Crippen molar-refractivity contribution in [2.24, 2.45) is 0 Å². The molecule has 6 heteroatoms. The van der Waals surface area contributed by atoms with Gasteiger partial charge in [-0.1, -0.05) is 22.9 Å². The molecule has 2 heterocycles. The van der Waals surface area contributed by atoms with Gasteiger partial charge >= 0.3 is 0 Å². The van der Waals surface area contributed by atoms with Crippen molar-refractivity contribution in [3.05, 3.63) is 34.3 Å². The number of hydrogen-bond donors (Lipinski definition) is 1. The van der Waals surface area contributed by atoms with Crippen LogP contribution in [0, 0.1) is 0 Å². The van der Waals surface area contributed by atoms with Gasteiger partial charge in [-0.3, -0.25) is 0 Å². The maximum atomic E-state index is 6.06. The summed E-state index contributed by atoms with van der Waals surface area (Å²) < 4.78 is 0. The summed E-state index contributed by atoms with van der Waals surface area (Å²) >= 11 is 9.47. The van der Waals surface area contributed by atoms with E-state index in [1.807, 2.05) is 23.9 Å². The molecular weight excluding hydrogens is 274 g/mol. The van der Waals surface area contributed by atoms with Gasteiger partial charge in [0.1, 0.15) is 5.51 Å². The third-order valence-electron chi connectivity index (χ3n) is 2.67. The van der Waals surface area contributed by atoms with Crippen molar-refractivity contribution >= 4 is 39.8 Å². The largest absolute Gasteiger partial charge is 0.353 e. The van der Waals surface area contributed by atoms with E-state index in [1.54, 1.807) is 5.51 Å². The topological polar surface area (TPSA) is 37.8 Å². The zero-order chi connectivity index (χ0) is 11.7. The summed E-state index contributed by atoms with van der Waals surface area (Å²) in [6.07, 6.45) is 1.08. The molecule has 0 fully saturated rings. The minimum Gasteiger partial charge on any atom is -0.353 e. The maximum absolute atomic E-state index is 6.06. The number of benzene rings is 1. The molecule has 0 amide bonds. The number of aromatic nitrogens is 2. The van der Waals surface area contributed by atoms with E-state index in [-0.39, 0.29) is 6.04 Å². The molecule has 1 unspecified atom stereocenters. The Kier molecular flexibility index (Phi) is 3.22. The fraction of sp³-hybridized carbons (Fsp3) is 0.273. The first-order chi connectivity index (χ1) is 8.33. The first-order valence-corrected chi connectivity index (χ1v) is 7.52. The molecule has 88 valence electrons. The van der Waals surface area contributed by atoms with Gasteiger partial charge in [-0.2, -0.15) is 0 Å². The van der Waals surface area contributed by atoms with E-state index in [1.165, 1.54) is 21.8 Å². The van der Waals surface area contributed by atoms with E-state index in [4.69, 9.17) is 11.6 Å². The van der Waals surface area contributed by atoms with Gasteiger partial charge in [0.2, 0.25) is 5.13 Å². The lowest BCUT2D eigenvalue weighted by atomic mass is 10.0. The number of anilines is 1. The van der Waals surface area contributed by atoms with Crippen LogP contribution in [0.25, 0.3) is 0 Å². The molecule has 0 saturated heterocycles. The summed E-state index contributed by atoms with van der Waals surface area (Å²) in [4.78, 5) is 1.31. The molecule has 3 nitrogen and oxygen atoms in total. The second-order valence-electron chi connectivity index (χ2n) is 3.76. The predicted molar refractivity (Wildman–Crippen MR) is 73.1 cm³/mol. The minimum atomic E-state index is 0.290. The van der Waals surface area contributed by atoms with Crippen LogP contribution in [-0.4, -0.2) is 16.0 Å². The third kappa shape index (κ3) is 2.41. The van der Waals surface area contributed by atoms with Gasteiger partial charge in [0.15, 0.2) is 0 Å². The average Bonchev–Trinajstić information content (AvgIpc) is 2.83. The van der Waals surface area contributed by atoms with Crippen LogP contribution in [0.5, 0.6) is 0 Å². The first kappa shape index (κ1) is 11.3. The standard InChI is InChI=1S/C11H10ClN3S2/c12-7-1-2-10-8(5-7)9(3-4-16-10)14-11-15-13-6-17-11/h1-2,5-6,9H,3-4H2,(H,14,15). The number of nitrogens with zero attached hydrogens (tertiary/aromatic N) is 2. The number of fused-ring (bicyclic) bond motifs is 1. The van der Waals surface area contributed by atoms with Crippen molar-refractivity contribution in [3.8, 4) is 0 Å². The minimum absolute atomic E-state index is 0.290. The van der Waals surface area contributed by atoms with E-state index in [2.05, 4.69) is 21.6 Å². The third-order valence-corrected chi connectivity index (χ3v) is 4.65. The molecule has 1 N–H and O–H groups in total. The Balaban J connectivity index is 1.90. The van der Waals surface area contributed by atoms with Gasteiger partial charge in [-0.15, -0.1) is 22.0 Å². The number of thioether (sulfide) groups is 1. The number of rotatable bonds is 2. The number of hydrogen-bond acceptors (Lipinski definition) is 5. The number of halogens is 1. The van der Waals surface area contributed by atoms with Crippen molar-refractivity contribution in [2.45, 2.75) is 17.4 Å². The number of nitrogens with one attached hydrogen (secondary N) is 1. The summed E-state index contributed by atoms with van der Waals surface area (Å²) in [5.74, 6) is 1.12. The highest BCUT2D eigenvalue weighted by Crippen LogP contribution is 2.39. The lowest BCUT2D eigenvalue weighted by Gasteiger charge is -2.25. The lowest BCUT2D eigenvalue weighted by Crippen LogP contribution is -2.16. The fourth-order valence-corrected chi connectivity index (χ4v) is 3.69. The van der Waals surface area contributed by atoms with Gasteiger partial charge in [0.05, 0.1) is 6.04 Å². The Bertz CT molecular complexity index is 515. The summed E-state index contributed by atoms with van der Waals surface area (Å²) in [6, 6.07) is 6.37. The van der Waals surface area contributed by atoms with Gasteiger partial charge < -0.3 is 5.32 Å². The van der Waals surface area contributed by atoms with E-state index >= 15 is 0 Å². The summed E-state index contributed by atoms with van der Waals surface area (Å²) in [5, 5.41) is 12.9. The highest BCUT2D eigenvalue weighted by molar-refractivity contribution is 7.99. The molecule has 0 bridgehead atoms. The van der Waals surface area contributed by atoms with Crippen LogP contribution in [0.1, 0.15) is 18.0 Å². The molecule has 3 rings (SSSR count). The normalized spacial score (nSPS) is 18.8. The van der Waals surface area contributed by atoms with Gasteiger partial charge in [0.25, 0.3) is 0 Å². The SMILES string of the molecule is Clc1ccc2c(c1)C(Nc1nncs1)CCS2. The Hall–Kier alpha value is -0.780. The van der Waals surface area contributed by atoms with E-state index in [0.717, 1.165) is 22.3 Å². The summed E-state index contributed by atoms with van der Waals surface area (Å²) in [6.45, 7) is 0. The monoisotopic (exact) mass is 283 g/mol. The van der Waals surface area contributed by atoms with Crippen LogP contribution in [0.3, 0.4) is 0 Å². The van der Waals surface area contributed by atoms with Gasteiger partial charge in [-0.05, 0) is 30.2 Å². The molecule has 1 atom stereocenters. The highest BCUT2D eigenvalue weighted by Gasteiger charge is 2.21. The first-order valence-electron chi connectivity index (χ1n) is 5.28. The van der Waals surface area contributed by atoms with Crippen molar-refractivity contribution < 1.29 is 0 Å². The average molecular weight is 284 g/mol. The molecule has 1 aliphatic heterocycles. The fourth-order valence-electron chi connectivity index (χ4n) is 1.90. The smallest absolute Gasteiger partial charge is 0.205 e. The van der Waals surface area contributed by atoms with E-state index in [9.17, 15) is 0 Å². The maximum Gasteiger partial charge on any atom is 0.205 e. The molecule has 1 aliphatic rings. The second-order valence-corrected chi connectivity index (χ2v) is 6.17. The molecule has 1 aromatic carbocycles. The second kappa shape index (κ2) is 4.84. The Morgan fingerprint density at radius 2 is 2.35 bits per heavy atom. The van der Waals surface area contributed by atoms with Gasteiger partial charge in [0, 0.05) is 15.7 Å². The molecule has 0 radical (unpaired) electrons. The Morgan fingerprint density at radius 1 is 1.41 bits per heavy atom. The van der Waals surface area contributed by atoms with Gasteiger partial charge in [-0.25, -0.2) is 0 Å². The van der Waals surface area contributed by atoms with Crippen molar-refractivity contribution in [1.29, 1.82) is 0 Å². The predicted octanol–water partition coefficient (Wildman–Crippen LogP) is 3.84. The van der Waals surface area contributed by atoms with Crippen molar-refractivity contribution in [2.75, 3.05) is 11.1 Å². The van der Waals surface area contributed by atoms with Crippen LogP contribution in [0.15, 0.2) is 28.6 Å². The zero-order valence-corrected chi connectivity index (χ0v) is 11.3. The Labute approximate surface area is 113 Å². The molecule has 0 saturated carbocycles. The van der Waals surface area contributed by atoms with Crippen LogP contribution >= 0.6 is 34.7 Å². The van der Waals surface area contributed by atoms with Crippen molar-refractivity contribution in [1.82, 2.24) is 10.2 Å². The molecule has 0 aliphatic carbocycles. The molecular formula is C11H10ClN3S2. The lowest BCUT2D eigenvalue weighted by molar-refractivity contribution is 0.725. The van der Waals surface area contributed by atoms with E-state index in [0.29, 0.717) is 0 Å². The van der Waals surface area contributed by atoms with Crippen LogP contribution in [0.2, 0.25) is 5.02 Å². The van der Waals surface area contributed by atoms with Crippen molar-refractivity contribution in [3.63, 3.8) is 0 Å². The van der Waals surface area contributed by atoms with Crippen LogP contribution < -0.4 is 5.32 Å². The Morgan fingerprint density at radius 3 is 3.18 bits per heavy atom. The molecule has 17 heavy (non-hydrogen) atoms. The van der Waals surface area contributed by atoms with Crippen LogP contribution in [-0.2, 0) is 0 Å². The summed E-state index contributed by atoms with van der Waals surface area (Å²) in [5.41, 5.74) is 3.00. The van der Waals surface area contributed by atoms with Crippen LogP contribution in [0.4, 0.5) is 5.13 Å². The van der Waals surface area contributed by atoms with E-state index < -0.39 is 0 Å². The molecule has 0 spiro atoms. The molecule has 1 aromatic heterocycles.